The molecule has 112 valence electrons. The molecule has 2 rings (SSSR count). The SMILES string of the molecule is CC(C)CCC(C)NC(=O)c1c[nH]c2ccccc2c1=O. The summed E-state index contributed by atoms with van der Waals surface area (Å²) in [5.74, 6) is 0.298. The molecule has 4 heteroatoms. The molecule has 1 aromatic heterocycles. The Kier molecular flexibility index (Phi) is 4.78. The molecule has 0 saturated heterocycles. The minimum absolute atomic E-state index is 0.0609. The third-order valence-electron chi connectivity index (χ3n) is 3.59. The fraction of sp³-hybridized carbons (Fsp3) is 0.412. The quantitative estimate of drug-likeness (QED) is 0.887. The van der Waals surface area contributed by atoms with E-state index in [1.807, 2.05) is 19.1 Å². The molecule has 21 heavy (non-hydrogen) atoms. The van der Waals surface area contributed by atoms with Gasteiger partial charge >= 0.3 is 0 Å². The van der Waals surface area contributed by atoms with Crippen LogP contribution in [0.3, 0.4) is 0 Å². The Morgan fingerprint density at radius 3 is 2.62 bits per heavy atom. The Balaban J connectivity index is 2.16. The number of benzene rings is 1. The zero-order valence-electron chi connectivity index (χ0n) is 12.8. The summed E-state index contributed by atoms with van der Waals surface area (Å²) < 4.78 is 0. The Labute approximate surface area is 124 Å². The first-order chi connectivity index (χ1) is 9.99. The molecule has 0 fully saturated rings. The van der Waals surface area contributed by atoms with Gasteiger partial charge in [-0.25, -0.2) is 0 Å². The van der Waals surface area contributed by atoms with Crippen LogP contribution in [-0.4, -0.2) is 16.9 Å². The molecule has 0 radical (unpaired) electrons. The van der Waals surface area contributed by atoms with Crippen LogP contribution in [0.2, 0.25) is 0 Å². The van der Waals surface area contributed by atoms with Crippen molar-refractivity contribution >= 4 is 16.8 Å². The maximum Gasteiger partial charge on any atom is 0.256 e. The number of hydrogen-bond donors (Lipinski definition) is 2. The standard InChI is InChI=1S/C17H22N2O2/c1-11(2)8-9-12(3)19-17(21)14-10-18-15-7-5-4-6-13(15)16(14)20/h4-7,10-12H,8-9H2,1-3H3,(H,18,20)(H,19,21). The van der Waals surface area contributed by atoms with Gasteiger partial charge in [-0.15, -0.1) is 0 Å². The second-order valence-corrected chi connectivity index (χ2v) is 5.92. The second kappa shape index (κ2) is 6.57. The van der Waals surface area contributed by atoms with Crippen LogP contribution in [0, 0.1) is 5.92 Å². The highest BCUT2D eigenvalue weighted by atomic mass is 16.2. The van der Waals surface area contributed by atoms with Crippen LogP contribution >= 0.6 is 0 Å². The van der Waals surface area contributed by atoms with Gasteiger partial charge in [0.15, 0.2) is 0 Å². The summed E-state index contributed by atoms with van der Waals surface area (Å²) >= 11 is 0. The van der Waals surface area contributed by atoms with Crippen molar-refractivity contribution in [2.75, 3.05) is 0 Å². The number of para-hydroxylation sites is 1. The lowest BCUT2D eigenvalue weighted by Crippen LogP contribution is -2.35. The molecular weight excluding hydrogens is 264 g/mol. The van der Waals surface area contributed by atoms with Gasteiger partial charge in [0.05, 0.1) is 0 Å². The fourth-order valence-corrected chi connectivity index (χ4v) is 2.29. The van der Waals surface area contributed by atoms with Crippen LogP contribution in [0.5, 0.6) is 0 Å². The summed E-state index contributed by atoms with van der Waals surface area (Å²) in [6.45, 7) is 6.28. The van der Waals surface area contributed by atoms with E-state index >= 15 is 0 Å². The molecule has 0 aliphatic rings. The van der Waals surface area contributed by atoms with Gasteiger partial charge in [-0.2, -0.15) is 0 Å². The van der Waals surface area contributed by atoms with Crippen LogP contribution < -0.4 is 10.7 Å². The molecule has 1 aromatic carbocycles. The lowest BCUT2D eigenvalue weighted by atomic mass is 10.0. The molecule has 4 nitrogen and oxygen atoms in total. The Bertz CT molecular complexity index is 688. The van der Waals surface area contributed by atoms with Crippen LogP contribution in [0.15, 0.2) is 35.3 Å². The van der Waals surface area contributed by atoms with E-state index < -0.39 is 0 Å². The van der Waals surface area contributed by atoms with E-state index in [-0.39, 0.29) is 22.9 Å². The highest BCUT2D eigenvalue weighted by Crippen LogP contribution is 2.09. The van der Waals surface area contributed by atoms with Crippen molar-refractivity contribution in [3.63, 3.8) is 0 Å². The average molecular weight is 286 g/mol. The Morgan fingerprint density at radius 2 is 1.90 bits per heavy atom. The molecule has 0 spiro atoms. The number of aromatic nitrogens is 1. The van der Waals surface area contributed by atoms with E-state index in [4.69, 9.17) is 0 Å². The van der Waals surface area contributed by atoms with Crippen molar-refractivity contribution in [2.24, 2.45) is 5.92 Å². The number of fused-ring (bicyclic) bond motifs is 1. The number of pyridine rings is 1. The minimum atomic E-state index is -0.307. The first kappa shape index (κ1) is 15.3. The van der Waals surface area contributed by atoms with Crippen molar-refractivity contribution in [3.8, 4) is 0 Å². The number of carbonyl (C=O) groups excluding carboxylic acids is 1. The molecule has 0 bridgehead atoms. The number of hydrogen-bond acceptors (Lipinski definition) is 2. The molecule has 2 N–H and O–H groups in total. The largest absolute Gasteiger partial charge is 0.360 e. The normalized spacial score (nSPS) is 12.6. The van der Waals surface area contributed by atoms with Gasteiger partial charge in [0.2, 0.25) is 5.43 Å². The number of aromatic amines is 1. The minimum Gasteiger partial charge on any atom is -0.360 e. The average Bonchev–Trinajstić information content (AvgIpc) is 2.45. The van der Waals surface area contributed by atoms with E-state index in [1.165, 1.54) is 6.20 Å². The third kappa shape index (κ3) is 3.72. The molecule has 1 atom stereocenters. The van der Waals surface area contributed by atoms with Crippen molar-refractivity contribution < 1.29 is 4.79 Å². The van der Waals surface area contributed by atoms with Crippen molar-refractivity contribution in [3.05, 3.63) is 46.2 Å². The predicted octanol–water partition coefficient (Wildman–Crippen LogP) is 3.08. The molecule has 1 amide bonds. The maximum absolute atomic E-state index is 12.3. The lowest BCUT2D eigenvalue weighted by Gasteiger charge is -2.15. The molecular formula is C17H22N2O2. The van der Waals surface area contributed by atoms with Gasteiger partial charge in [0, 0.05) is 23.1 Å². The fourth-order valence-electron chi connectivity index (χ4n) is 2.29. The van der Waals surface area contributed by atoms with E-state index in [0.717, 1.165) is 18.4 Å². The molecule has 0 saturated carbocycles. The zero-order valence-corrected chi connectivity index (χ0v) is 12.8. The first-order valence-corrected chi connectivity index (χ1v) is 7.40. The number of H-pyrrole nitrogens is 1. The maximum atomic E-state index is 12.3. The number of nitrogens with one attached hydrogen (secondary N) is 2. The van der Waals surface area contributed by atoms with Crippen molar-refractivity contribution in [2.45, 2.75) is 39.7 Å². The van der Waals surface area contributed by atoms with Gasteiger partial charge in [0.1, 0.15) is 5.56 Å². The first-order valence-electron chi connectivity index (χ1n) is 7.40. The lowest BCUT2D eigenvalue weighted by molar-refractivity contribution is 0.0936. The van der Waals surface area contributed by atoms with Gasteiger partial charge in [0.25, 0.3) is 5.91 Å². The van der Waals surface area contributed by atoms with Crippen molar-refractivity contribution in [1.29, 1.82) is 0 Å². The smallest absolute Gasteiger partial charge is 0.256 e. The van der Waals surface area contributed by atoms with Crippen LogP contribution in [0.25, 0.3) is 10.9 Å². The van der Waals surface area contributed by atoms with Crippen LogP contribution in [0.4, 0.5) is 0 Å². The van der Waals surface area contributed by atoms with Crippen molar-refractivity contribution in [1.82, 2.24) is 10.3 Å². The highest BCUT2D eigenvalue weighted by Gasteiger charge is 2.15. The topological polar surface area (TPSA) is 62.0 Å². The van der Waals surface area contributed by atoms with Gasteiger partial charge < -0.3 is 10.3 Å². The van der Waals surface area contributed by atoms with Gasteiger partial charge in [-0.3, -0.25) is 9.59 Å². The van der Waals surface area contributed by atoms with E-state index in [9.17, 15) is 9.59 Å². The second-order valence-electron chi connectivity index (χ2n) is 5.92. The monoisotopic (exact) mass is 286 g/mol. The summed E-state index contributed by atoms with van der Waals surface area (Å²) in [5, 5.41) is 3.44. The van der Waals surface area contributed by atoms with Gasteiger partial charge in [-0.05, 0) is 37.8 Å². The number of amides is 1. The molecule has 1 unspecified atom stereocenters. The third-order valence-corrected chi connectivity index (χ3v) is 3.59. The summed E-state index contributed by atoms with van der Waals surface area (Å²) in [7, 11) is 0. The molecule has 2 aromatic rings. The summed E-state index contributed by atoms with van der Waals surface area (Å²) in [5.41, 5.74) is 0.690. The van der Waals surface area contributed by atoms with Gasteiger partial charge in [-0.1, -0.05) is 26.0 Å². The van der Waals surface area contributed by atoms with Crippen LogP contribution in [0.1, 0.15) is 44.0 Å². The summed E-state index contributed by atoms with van der Waals surface area (Å²) in [6, 6.07) is 7.26. The molecule has 0 aliphatic heterocycles. The number of rotatable bonds is 5. The van der Waals surface area contributed by atoms with Crippen LogP contribution in [-0.2, 0) is 0 Å². The van der Waals surface area contributed by atoms with E-state index in [2.05, 4.69) is 24.1 Å². The Morgan fingerprint density at radius 1 is 1.19 bits per heavy atom. The molecule has 1 heterocycles. The molecule has 0 aliphatic carbocycles. The predicted molar refractivity (Wildman–Crippen MR) is 85.6 cm³/mol. The Hall–Kier alpha value is -2.10. The van der Waals surface area contributed by atoms with E-state index in [0.29, 0.717) is 11.3 Å². The zero-order chi connectivity index (χ0) is 15.4. The van der Waals surface area contributed by atoms with E-state index in [1.54, 1.807) is 12.1 Å². The summed E-state index contributed by atoms with van der Waals surface area (Å²) in [6.07, 6.45) is 3.46. The highest BCUT2D eigenvalue weighted by molar-refractivity contribution is 5.97. The number of carbonyl (C=O) groups is 1. The summed E-state index contributed by atoms with van der Waals surface area (Å²) in [4.78, 5) is 27.6.